The van der Waals surface area contributed by atoms with Crippen molar-refractivity contribution in [3.63, 3.8) is 0 Å². The zero-order chi connectivity index (χ0) is 22.0. The highest BCUT2D eigenvalue weighted by Crippen LogP contribution is 2.22. The van der Waals surface area contributed by atoms with Crippen LogP contribution in [-0.4, -0.2) is 57.4 Å². The van der Waals surface area contributed by atoms with Crippen LogP contribution in [0.5, 0.6) is 0 Å². The van der Waals surface area contributed by atoms with Crippen LogP contribution >= 0.6 is 0 Å². The first-order chi connectivity index (χ1) is 14.9. The number of piperazine rings is 1. The molecule has 1 atom stereocenters. The van der Waals surface area contributed by atoms with Gasteiger partial charge in [-0.2, -0.15) is 4.98 Å². The van der Waals surface area contributed by atoms with E-state index >= 15 is 0 Å². The minimum Gasteiger partial charge on any atom is -0.338 e. The lowest BCUT2D eigenvalue weighted by Crippen LogP contribution is -2.55. The summed E-state index contributed by atoms with van der Waals surface area (Å²) in [5.74, 6) is 0.739. The largest absolute Gasteiger partial charge is 0.338 e. The Kier molecular flexibility index (Phi) is 5.84. The fraction of sp³-hybridized carbons (Fsp3) is 0.333. The molecule has 2 heterocycles. The normalized spacial score (nSPS) is 16.4. The number of benzene rings is 2. The monoisotopic (exact) mass is 418 g/mol. The number of aromatic nitrogens is 2. The van der Waals surface area contributed by atoms with Crippen LogP contribution < -0.4 is 0 Å². The van der Waals surface area contributed by atoms with E-state index in [4.69, 9.17) is 4.52 Å². The molecule has 0 bridgehead atoms. The lowest BCUT2D eigenvalue weighted by atomic mass is 10.1. The van der Waals surface area contributed by atoms with Crippen molar-refractivity contribution in [2.24, 2.45) is 0 Å². The molecule has 1 fully saturated rings. The van der Waals surface area contributed by atoms with Crippen LogP contribution in [0.15, 0.2) is 53.1 Å². The topological polar surface area (TPSA) is 79.5 Å². The van der Waals surface area contributed by atoms with Crippen LogP contribution in [-0.2, 0) is 11.2 Å². The van der Waals surface area contributed by atoms with E-state index in [-0.39, 0.29) is 24.3 Å². The van der Waals surface area contributed by atoms with Gasteiger partial charge in [0.1, 0.15) is 0 Å². The summed E-state index contributed by atoms with van der Waals surface area (Å²) in [6.07, 6.45) is 0.0772. The third-order valence-electron chi connectivity index (χ3n) is 5.77. The molecule has 31 heavy (non-hydrogen) atoms. The van der Waals surface area contributed by atoms with Crippen molar-refractivity contribution in [3.8, 4) is 11.5 Å². The average molecular weight is 418 g/mol. The second-order valence-corrected chi connectivity index (χ2v) is 8.01. The van der Waals surface area contributed by atoms with Gasteiger partial charge in [-0.1, -0.05) is 41.6 Å². The quantitative estimate of drug-likeness (QED) is 0.650. The van der Waals surface area contributed by atoms with E-state index in [9.17, 15) is 9.59 Å². The molecule has 7 heteroatoms. The number of aryl methyl sites for hydroxylation is 2. The lowest BCUT2D eigenvalue weighted by Gasteiger charge is -2.40. The fourth-order valence-corrected chi connectivity index (χ4v) is 3.95. The zero-order valence-corrected chi connectivity index (χ0v) is 18.0. The van der Waals surface area contributed by atoms with E-state index in [0.29, 0.717) is 36.9 Å². The molecule has 4 rings (SSSR count). The molecule has 7 nitrogen and oxygen atoms in total. The van der Waals surface area contributed by atoms with E-state index in [1.807, 2.05) is 74.2 Å². The summed E-state index contributed by atoms with van der Waals surface area (Å²) < 4.78 is 5.36. The molecule has 1 aromatic heterocycles. The van der Waals surface area contributed by atoms with Gasteiger partial charge < -0.3 is 14.3 Å². The Balaban J connectivity index is 1.39. The van der Waals surface area contributed by atoms with Crippen LogP contribution in [0.1, 0.15) is 34.2 Å². The fourth-order valence-electron chi connectivity index (χ4n) is 3.95. The Hall–Kier alpha value is -3.48. The van der Waals surface area contributed by atoms with Crippen molar-refractivity contribution in [3.05, 3.63) is 71.0 Å². The summed E-state index contributed by atoms with van der Waals surface area (Å²) in [6.45, 7) is 7.36. The number of hydrogen-bond donors (Lipinski definition) is 0. The van der Waals surface area contributed by atoms with E-state index in [1.54, 1.807) is 4.90 Å². The van der Waals surface area contributed by atoms with E-state index in [0.717, 1.165) is 16.7 Å². The van der Waals surface area contributed by atoms with Gasteiger partial charge in [-0.3, -0.25) is 9.59 Å². The predicted molar refractivity (Wildman–Crippen MR) is 116 cm³/mol. The molecule has 0 spiro atoms. The molecule has 0 radical (unpaired) electrons. The number of nitrogens with zero attached hydrogens (tertiary/aromatic N) is 4. The second kappa shape index (κ2) is 8.71. The van der Waals surface area contributed by atoms with Gasteiger partial charge in [-0.25, -0.2) is 0 Å². The van der Waals surface area contributed by atoms with Crippen molar-refractivity contribution in [1.29, 1.82) is 0 Å². The number of carbonyl (C=O) groups is 2. The highest BCUT2D eigenvalue weighted by molar-refractivity contribution is 5.96. The van der Waals surface area contributed by atoms with E-state index in [1.165, 1.54) is 0 Å². The maximum Gasteiger partial charge on any atom is 0.258 e. The van der Waals surface area contributed by atoms with Crippen LogP contribution in [0.25, 0.3) is 11.5 Å². The van der Waals surface area contributed by atoms with Gasteiger partial charge in [0.15, 0.2) is 5.82 Å². The van der Waals surface area contributed by atoms with Crippen LogP contribution in [0.4, 0.5) is 0 Å². The Morgan fingerprint density at radius 3 is 2.45 bits per heavy atom. The Morgan fingerprint density at radius 1 is 1.03 bits per heavy atom. The summed E-state index contributed by atoms with van der Waals surface area (Å²) in [5, 5.41) is 3.98. The first-order valence-corrected chi connectivity index (χ1v) is 10.5. The molecule has 1 unspecified atom stereocenters. The molecular weight excluding hydrogens is 392 g/mol. The lowest BCUT2D eigenvalue weighted by molar-refractivity contribution is -0.133. The third kappa shape index (κ3) is 4.35. The minimum absolute atomic E-state index is 0.0127. The maximum absolute atomic E-state index is 13.0. The predicted octanol–water partition coefficient (Wildman–Crippen LogP) is 3.27. The first-order valence-electron chi connectivity index (χ1n) is 10.5. The van der Waals surface area contributed by atoms with Crippen molar-refractivity contribution in [2.75, 3.05) is 19.6 Å². The summed E-state index contributed by atoms with van der Waals surface area (Å²) in [7, 11) is 0. The van der Waals surface area contributed by atoms with Gasteiger partial charge in [-0.05, 0) is 44.0 Å². The van der Waals surface area contributed by atoms with Crippen LogP contribution in [0.3, 0.4) is 0 Å². The zero-order valence-electron chi connectivity index (χ0n) is 18.0. The van der Waals surface area contributed by atoms with Gasteiger partial charge in [0.25, 0.3) is 11.8 Å². The highest BCUT2D eigenvalue weighted by atomic mass is 16.5. The number of amides is 2. The second-order valence-electron chi connectivity index (χ2n) is 8.01. The summed E-state index contributed by atoms with van der Waals surface area (Å²) >= 11 is 0. The molecule has 1 saturated heterocycles. The smallest absolute Gasteiger partial charge is 0.258 e. The van der Waals surface area contributed by atoms with E-state index in [2.05, 4.69) is 10.1 Å². The van der Waals surface area contributed by atoms with Gasteiger partial charge in [0, 0.05) is 36.8 Å². The highest BCUT2D eigenvalue weighted by Gasteiger charge is 2.31. The molecule has 0 aliphatic carbocycles. The van der Waals surface area contributed by atoms with Crippen molar-refractivity contribution < 1.29 is 14.1 Å². The molecule has 2 amide bonds. The summed E-state index contributed by atoms with van der Waals surface area (Å²) in [4.78, 5) is 33.8. The molecule has 0 N–H and O–H groups in total. The molecule has 0 saturated carbocycles. The van der Waals surface area contributed by atoms with E-state index < -0.39 is 0 Å². The van der Waals surface area contributed by atoms with Crippen molar-refractivity contribution in [2.45, 2.75) is 33.2 Å². The molecule has 160 valence electrons. The van der Waals surface area contributed by atoms with Gasteiger partial charge in [0.05, 0.1) is 6.42 Å². The first kappa shape index (κ1) is 20.8. The molecule has 3 aromatic rings. The molecule has 1 aliphatic heterocycles. The Labute approximate surface area is 181 Å². The van der Waals surface area contributed by atoms with Gasteiger partial charge >= 0.3 is 0 Å². The summed E-state index contributed by atoms with van der Waals surface area (Å²) in [5.41, 5.74) is 3.57. The average Bonchev–Trinajstić information content (AvgIpc) is 3.22. The van der Waals surface area contributed by atoms with Gasteiger partial charge in [-0.15, -0.1) is 0 Å². The molecular formula is C24H26N4O3. The maximum atomic E-state index is 13.0. The van der Waals surface area contributed by atoms with Crippen molar-refractivity contribution >= 4 is 11.8 Å². The van der Waals surface area contributed by atoms with Gasteiger partial charge in [0.2, 0.25) is 5.91 Å². The molecule has 2 aromatic carbocycles. The number of carbonyl (C=O) groups excluding carboxylic acids is 2. The van der Waals surface area contributed by atoms with Crippen LogP contribution in [0.2, 0.25) is 0 Å². The molecule has 1 aliphatic rings. The summed E-state index contributed by atoms with van der Waals surface area (Å²) in [6, 6.07) is 15.3. The number of rotatable bonds is 4. The third-order valence-corrected chi connectivity index (χ3v) is 5.77. The number of hydrogen-bond acceptors (Lipinski definition) is 5. The Morgan fingerprint density at radius 2 is 1.74 bits per heavy atom. The Bertz CT molecular complexity index is 1110. The van der Waals surface area contributed by atoms with Crippen molar-refractivity contribution in [1.82, 2.24) is 19.9 Å². The van der Waals surface area contributed by atoms with Crippen LogP contribution in [0, 0.1) is 13.8 Å². The standard InChI is InChI=1S/C24H26N4O3/c1-16-8-4-6-10-19(16)23-25-21(26-31-23)14-22(29)27-12-13-28(18(3)15-27)24(30)20-11-7-5-9-17(20)2/h4-11,18H,12-15H2,1-3H3. The minimum atomic E-state index is -0.0717. The SMILES string of the molecule is Cc1ccccc1C(=O)N1CCN(C(=O)Cc2noc(-c3ccccc3C)n2)CC1C.